The molecule has 1 N–H and O–H groups in total. The third-order valence-corrected chi connectivity index (χ3v) is 7.07. The number of amides is 2. The first-order valence-electron chi connectivity index (χ1n) is 8.79. The van der Waals surface area contributed by atoms with Crippen molar-refractivity contribution < 1.29 is 9.59 Å². The van der Waals surface area contributed by atoms with E-state index in [9.17, 15) is 9.59 Å². The van der Waals surface area contributed by atoms with Gasteiger partial charge in [0.15, 0.2) is 0 Å². The van der Waals surface area contributed by atoms with Crippen molar-refractivity contribution in [2.45, 2.75) is 12.5 Å². The van der Waals surface area contributed by atoms with Crippen LogP contribution in [0.15, 0.2) is 46.5 Å². The fraction of sp³-hybridized carbons (Fsp3) is 0.200. The maximum atomic E-state index is 12.8. The molecule has 6 nitrogen and oxygen atoms in total. The van der Waals surface area contributed by atoms with Gasteiger partial charge in [-0.1, -0.05) is 0 Å². The highest BCUT2D eigenvalue weighted by atomic mass is 32.2. The van der Waals surface area contributed by atoms with E-state index in [-0.39, 0.29) is 18.2 Å². The van der Waals surface area contributed by atoms with Crippen LogP contribution >= 0.6 is 34.4 Å². The van der Waals surface area contributed by atoms with Gasteiger partial charge in [-0.15, -0.1) is 23.1 Å². The summed E-state index contributed by atoms with van der Waals surface area (Å²) in [5.74, 6) is 0.735. The number of thiazole rings is 1. The van der Waals surface area contributed by atoms with Gasteiger partial charge in [0.25, 0.3) is 0 Å². The monoisotopic (exact) mass is 440 g/mol. The maximum absolute atomic E-state index is 12.8. The SMILES string of the molecule is N#Cc1ccc(NC(=O)C2CSCN2C(=O)Cc2csc(-c3ccsc3)n2)cc1. The number of nitrogens with one attached hydrogen (secondary N) is 1. The number of thiophene rings is 1. The van der Waals surface area contributed by atoms with E-state index in [2.05, 4.69) is 10.3 Å². The number of benzene rings is 1. The number of nitrogens with zero attached hydrogens (tertiary/aromatic N) is 3. The van der Waals surface area contributed by atoms with Crippen LogP contribution in [0.1, 0.15) is 11.3 Å². The Balaban J connectivity index is 1.40. The Morgan fingerprint density at radius 2 is 2.07 bits per heavy atom. The molecule has 1 unspecified atom stereocenters. The van der Waals surface area contributed by atoms with Gasteiger partial charge < -0.3 is 10.2 Å². The van der Waals surface area contributed by atoms with Gasteiger partial charge in [0.2, 0.25) is 11.8 Å². The third kappa shape index (κ3) is 4.50. The topological polar surface area (TPSA) is 86.1 Å². The first-order chi connectivity index (χ1) is 14.1. The molecule has 1 saturated heterocycles. The number of nitriles is 1. The van der Waals surface area contributed by atoms with Crippen LogP contribution in [0.3, 0.4) is 0 Å². The number of thioether (sulfide) groups is 1. The van der Waals surface area contributed by atoms with Gasteiger partial charge in [0, 0.05) is 27.8 Å². The zero-order valence-corrected chi connectivity index (χ0v) is 17.6. The van der Waals surface area contributed by atoms with E-state index in [1.807, 2.05) is 28.3 Å². The highest BCUT2D eigenvalue weighted by molar-refractivity contribution is 7.99. The Morgan fingerprint density at radius 3 is 2.79 bits per heavy atom. The van der Waals surface area contributed by atoms with E-state index in [0.29, 0.717) is 22.9 Å². The summed E-state index contributed by atoms with van der Waals surface area (Å²) in [6.07, 6.45) is 0.182. The van der Waals surface area contributed by atoms with E-state index >= 15 is 0 Å². The van der Waals surface area contributed by atoms with Crippen LogP contribution in [-0.4, -0.2) is 39.4 Å². The molecule has 1 atom stereocenters. The number of carbonyl (C=O) groups is 2. The molecule has 4 rings (SSSR count). The van der Waals surface area contributed by atoms with Crippen molar-refractivity contribution in [2.75, 3.05) is 16.9 Å². The molecule has 2 aromatic heterocycles. The molecule has 3 aromatic rings. The summed E-state index contributed by atoms with van der Waals surface area (Å²) in [6, 6.07) is 10.2. The van der Waals surface area contributed by atoms with Crippen molar-refractivity contribution in [3.05, 3.63) is 57.7 Å². The highest BCUT2D eigenvalue weighted by Gasteiger charge is 2.34. The zero-order valence-electron chi connectivity index (χ0n) is 15.2. The molecule has 1 aromatic carbocycles. The Hall–Kier alpha value is -2.67. The second-order valence-electron chi connectivity index (χ2n) is 6.39. The van der Waals surface area contributed by atoms with Gasteiger partial charge in [-0.2, -0.15) is 16.6 Å². The molecule has 0 radical (unpaired) electrons. The first kappa shape index (κ1) is 19.6. The number of hydrogen-bond donors (Lipinski definition) is 1. The Labute approximate surface area is 180 Å². The van der Waals surface area contributed by atoms with Crippen molar-refractivity contribution >= 4 is 51.9 Å². The summed E-state index contributed by atoms with van der Waals surface area (Å²) in [5.41, 5.74) is 2.93. The van der Waals surface area contributed by atoms with E-state index in [1.165, 1.54) is 11.3 Å². The molecule has 9 heteroatoms. The van der Waals surface area contributed by atoms with E-state index in [4.69, 9.17) is 5.26 Å². The minimum absolute atomic E-state index is 0.0999. The average Bonchev–Trinajstić information content (AvgIpc) is 3.48. The van der Waals surface area contributed by atoms with E-state index in [1.54, 1.807) is 52.3 Å². The fourth-order valence-electron chi connectivity index (χ4n) is 2.92. The number of aromatic nitrogens is 1. The Morgan fingerprint density at radius 1 is 1.24 bits per heavy atom. The van der Waals surface area contributed by atoms with Gasteiger partial charge in [-0.3, -0.25) is 9.59 Å². The number of rotatable bonds is 5. The average molecular weight is 441 g/mol. The molecule has 2 amide bonds. The summed E-state index contributed by atoms with van der Waals surface area (Å²) < 4.78 is 0. The van der Waals surface area contributed by atoms with E-state index < -0.39 is 6.04 Å². The molecule has 146 valence electrons. The Bertz CT molecular complexity index is 1050. The summed E-state index contributed by atoms with van der Waals surface area (Å²) >= 11 is 4.70. The fourth-order valence-corrected chi connectivity index (χ4v) is 5.64. The minimum Gasteiger partial charge on any atom is -0.324 e. The summed E-state index contributed by atoms with van der Waals surface area (Å²) in [5, 5.41) is 18.5. The van der Waals surface area contributed by atoms with Crippen molar-refractivity contribution in [1.29, 1.82) is 5.26 Å². The smallest absolute Gasteiger partial charge is 0.248 e. The highest BCUT2D eigenvalue weighted by Crippen LogP contribution is 2.27. The van der Waals surface area contributed by atoms with Gasteiger partial charge in [0.05, 0.1) is 29.6 Å². The Kier molecular flexibility index (Phi) is 5.94. The third-order valence-electron chi connectivity index (χ3n) is 4.44. The summed E-state index contributed by atoms with van der Waals surface area (Å²) in [6.45, 7) is 0. The van der Waals surface area contributed by atoms with Crippen molar-refractivity contribution in [3.8, 4) is 16.6 Å². The largest absolute Gasteiger partial charge is 0.324 e. The molecule has 1 aliphatic rings. The lowest BCUT2D eigenvalue weighted by molar-refractivity contribution is -0.135. The normalized spacial score (nSPS) is 15.8. The maximum Gasteiger partial charge on any atom is 0.248 e. The molecule has 1 aliphatic heterocycles. The van der Waals surface area contributed by atoms with Crippen LogP contribution in [-0.2, 0) is 16.0 Å². The predicted molar refractivity (Wildman–Crippen MR) is 117 cm³/mol. The van der Waals surface area contributed by atoms with Crippen LogP contribution in [0.4, 0.5) is 5.69 Å². The van der Waals surface area contributed by atoms with Gasteiger partial charge in [0.1, 0.15) is 11.0 Å². The van der Waals surface area contributed by atoms with Crippen LogP contribution in [0, 0.1) is 11.3 Å². The lowest BCUT2D eigenvalue weighted by atomic mass is 10.2. The van der Waals surface area contributed by atoms with E-state index in [0.717, 1.165) is 16.3 Å². The molecule has 29 heavy (non-hydrogen) atoms. The molecule has 3 heterocycles. The second-order valence-corrected chi connectivity index (χ2v) is 9.03. The van der Waals surface area contributed by atoms with Crippen molar-refractivity contribution in [1.82, 2.24) is 9.88 Å². The van der Waals surface area contributed by atoms with Crippen LogP contribution in [0.5, 0.6) is 0 Å². The van der Waals surface area contributed by atoms with Crippen molar-refractivity contribution in [3.63, 3.8) is 0 Å². The molecule has 0 bridgehead atoms. The quantitative estimate of drug-likeness (QED) is 0.652. The lowest BCUT2D eigenvalue weighted by Crippen LogP contribution is -2.45. The van der Waals surface area contributed by atoms with Crippen molar-refractivity contribution in [2.24, 2.45) is 0 Å². The van der Waals surface area contributed by atoms with Gasteiger partial charge >= 0.3 is 0 Å². The molecule has 0 spiro atoms. The predicted octanol–water partition coefficient (Wildman–Crippen LogP) is 3.83. The number of anilines is 1. The number of carbonyl (C=O) groups excluding carboxylic acids is 2. The lowest BCUT2D eigenvalue weighted by Gasteiger charge is -2.22. The minimum atomic E-state index is -0.516. The van der Waals surface area contributed by atoms with Crippen LogP contribution < -0.4 is 5.32 Å². The molecule has 1 fully saturated rings. The zero-order chi connectivity index (χ0) is 20.2. The molecular formula is C20H16N4O2S3. The molecule has 0 saturated carbocycles. The van der Waals surface area contributed by atoms with Gasteiger partial charge in [-0.05, 0) is 35.7 Å². The number of hydrogen-bond acceptors (Lipinski definition) is 7. The second kappa shape index (κ2) is 8.78. The first-order valence-corrected chi connectivity index (χ1v) is 11.8. The standard InChI is InChI=1S/C20H16N4O2S3/c21-8-13-1-3-15(4-2-13)22-19(26)17-11-28-12-24(17)18(25)7-16-10-29-20(23-16)14-5-6-27-9-14/h1-6,9-10,17H,7,11-12H2,(H,22,26). The molecular weight excluding hydrogens is 424 g/mol. The molecule has 0 aliphatic carbocycles. The van der Waals surface area contributed by atoms with Gasteiger partial charge in [-0.25, -0.2) is 4.98 Å². The summed E-state index contributed by atoms with van der Waals surface area (Å²) in [4.78, 5) is 31.7. The summed E-state index contributed by atoms with van der Waals surface area (Å²) in [7, 11) is 0. The van der Waals surface area contributed by atoms with Crippen LogP contribution in [0.2, 0.25) is 0 Å². The van der Waals surface area contributed by atoms with Crippen LogP contribution in [0.25, 0.3) is 10.6 Å².